The van der Waals surface area contributed by atoms with Gasteiger partial charge in [-0.2, -0.15) is 4.31 Å². The SMILES string of the molecule is NC(=O)c1c(NC(=O)C2CCCN2S(=O)(=O)c2ccc(F)cc2)sc2c1CCN(Cc1ccccc1)C2. The van der Waals surface area contributed by atoms with E-state index >= 15 is 0 Å². The smallest absolute Gasteiger partial charge is 0.251 e. The van der Waals surface area contributed by atoms with Crippen LogP contribution >= 0.6 is 11.3 Å². The van der Waals surface area contributed by atoms with Gasteiger partial charge in [0.15, 0.2) is 0 Å². The minimum atomic E-state index is -4.00. The maximum atomic E-state index is 13.3. The second-order valence-electron chi connectivity index (χ2n) is 9.24. The summed E-state index contributed by atoms with van der Waals surface area (Å²) in [5, 5.41) is 3.17. The van der Waals surface area contributed by atoms with E-state index in [9.17, 15) is 22.4 Å². The molecule has 0 saturated carbocycles. The molecule has 2 aromatic carbocycles. The first kappa shape index (κ1) is 25.5. The lowest BCUT2D eigenvalue weighted by Crippen LogP contribution is -2.43. The Kier molecular flexibility index (Phi) is 7.13. The molecule has 0 bridgehead atoms. The molecule has 2 amide bonds. The van der Waals surface area contributed by atoms with Gasteiger partial charge in [-0.3, -0.25) is 14.5 Å². The standard InChI is InChI=1S/C26H27FN4O4S2/c27-18-8-10-19(11-9-18)37(34,35)31-13-4-7-21(31)25(33)29-26-23(24(28)32)20-12-14-30(16-22(20)36-26)15-17-5-2-1-3-6-17/h1-3,5-6,8-11,21H,4,7,12-16H2,(H2,28,32)(H,29,33). The fraction of sp³-hybridized carbons (Fsp3) is 0.308. The zero-order chi connectivity index (χ0) is 26.2. The van der Waals surface area contributed by atoms with Crippen LogP contribution in [0.2, 0.25) is 0 Å². The first-order valence-corrected chi connectivity index (χ1v) is 14.3. The monoisotopic (exact) mass is 542 g/mol. The molecule has 0 aliphatic carbocycles. The van der Waals surface area contributed by atoms with E-state index in [4.69, 9.17) is 5.73 Å². The van der Waals surface area contributed by atoms with Gasteiger partial charge in [-0.1, -0.05) is 30.3 Å². The average Bonchev–Trinajstić information content (AvgIpc) is 3.50. The van der Waals surface area contributed by atoms with Gasteiger partial charge in [-0.15, -0.1) is 11.3 Å². The molecule has 1 unspecified atom stereocenters. The van der Waals surface area contributed by atoms with Crippen LogP contribution in [0.25, 0.3) is 0 Å². The predicted molar refractivity (Wildman–Crippen MR) is 139 cm³/mol. The van der Waals surface area contributed by atoms with Gasteiger partial charge in [-0.25, -0.2) is 12.8 Å². The van der Waals surface area contributed by atoms with E-state index in [0.29, 0.717) is 36.4 Å². The third-order valence-corrected chi connectivity index (χ3v) is 9.85. The van der Waals surface area contributed by atoms with Crippen LogP contribution in [-0.2, 0) is 34.3 Å². The summed E-state index contributed by atoms with van der Waals surface area (Å²) in [6.07, 6.45) is 1.48. The molecule has 194 valence electrons. The number of carbonyl (C=O) groups is 2. The summed E-state index contributed by atoms with van der Waals surface area (Å²) in [5.41, 5.74) is 8.06. The molecular weight excluding hydrogens is 515 g/mol. The maximum Gasteiger partial charge on any atom is 0.251 e. The van der Waals surface area contributed by atoms with Crippen LogP contribution in [0.15, 0.2) is 59.5 Å². The van der Waals surface area contributed by atoms with Crippen molar-refractivity contribution in [3.05, 3.63) is 82.0 Å². The third kappa shape index (κ3) is 5.17. The molecule has 1 atom stereocenters. The van der Waals surface area contributed by atoms with Crippen molar-refractivity contribution in [1.29, 1.82) is 0 Å². The Balaban J connectivity index is 1.36. The first-order valence-electron chi connectivity index (χ1n) is 12.0. The Bertz CT molecular complexity index is 1420. The van der Waals surface area contributed by atoms with Crippen LogP contribution in [0.5, 0.6) is 0 Å². The number of amides is 2. The summed E-state index contributed by atoms with van der Waals surface area (Å²) in [6.45, 7) is 2.32. The fourth-order valence-corrected chi connectivity index (χ4v) is 7.96. The minimum absolute atomic E-state index is 0.0727. The molecular formula is C26H27FN4O4S2. The number of benzene rings is 2. The second-order valence-corrected chi connectivity index (χ2v) is 12.2. The molecule has 3 heterocycles. The van der Waals surface area contributed by atoms with Gasteiger partial charge in [0.25, 0.3) is 5.91 Å². The lowest BCUT2D eigenvalue weighted by molar-refractivity contribution is -0.119. The van der Waals surface area contributed by atoms with Crippen molar-refractivity contribution in [1.82, 2.24) is 9.21 Å². The molecule has 2 aliphatic rings. The van der Waals surface area contributed by atoms with Crippen molar-refractivity contribution in [2.45, 2.75) is 43.3 Å². The highest BCUT2D eigenvalue weighted by Gasteiger charge is 2.40. The predicted octanol–water partition coefficient (Wildman–Crippen LogP) is 3.34. The number of carbonyl (C=O) groups excluding carboxylic acids is 2. The molecule has 3 aromatic rings. The number of thiophene rings is 1. The van der Waals surface area contributed by atoms with Crippen molar-refractivity contribution in [3.8, 4) is 0 Å². The molecule has 1 fully saturated rings. The quantitative estimate of drug-likeness (QED) is 0.476. The lowest BCUT2D eigenvalue weighted by atomic mass is 10.0. The van der Waals surface area contributed by atoms with Crippen LogP contribution in [-0.4, -0.2) is 48.6 Å². The number of nitrogens with zero attached hydrogens (tertiary/aromatic N) is 2. The maximum absolute atomic E-state index is 13.3. The zero-order valence-corrected chi connectivity index (χ0v) is 21.7. The molecule has 3 N–H and O–H groups in total. The van der Waals surface area contributed by atoms with E-state index in [1.807, 2.05) is 18.2 Å². The summed E-state index contributed by atoms with van der Waals surface area (Å²) < 4.78 is 40.8. The summed E-state index contributed by atoms with van der Waals surface area (Å²) in [4.78, 5) is 28.9. The first-order chi connectivity index (χ1) is 17.7. The topological polar surface area (TPSA) is 113 Å². The van der Waals surface area contributed by atoms with Gasteiger partial charge >= 0.3 is 0 Å². The number of primary amides is 1. The van der Waals surface area contributed by atoms with E-state index < -0.39 is 33.7 Å². The van der Waals surface area contributed by atoms with Crippen LogP contribution in [0.3, 0.4) is 0 Å². The Morgan fingerprint density at radius 3 is 2.51 bits per heavy atom. The van der Waals surface area contributed by atoms with Crippen LogP contribution in [0.1, 0.15) is 39.2 Å². The van der Waals surface area contributed by atoms with E-state index in [0.717, 1.165) is 40.0 Å². The van der Waals surface area contributed by atoms with Crippen molar-refractivity contribution < 1.29 is 22.4 Å². The molecule has 0 radical (unpaired) electrons. The summed E-state index contributed by atoms with van der Waals surface area (Å²) in [5.74, 6) is -1.67. The number of sulfonamides is 1. The number of anilines is 1. The average molecular weight is 543 g/mol. The Morgan fingerprint density at radius 1 is 1.08 bits per heavy atom. The number of rotatable bonds is 7. The zero-order valence-electron chi connectivity index (χ0n) is 20.0. The molecule has 8 nitrogen and oxygen atoms in total. The third-order valence-electron chi connectivity index (χ3n) is 6.79. The van der Waals surface area contributed by atoms with Gasteiger partial charge in [-0.05, 0) is 54.7 Å². The number of hydrogen-bond donors (Lipinski definition) is 2. The van der Waals surface area contributed by atoms with Crippen LogP contribution in [0.4, 0.5) is 9.39 Å². The van der Waals surface area contributed by atoms with Crippen molar-refractivity contribution in [2.24, 2.45) is 5.73 Å². The van der Waals surface area contributed by atoms with E-state index in [1.165, 1.54) is 29.0 Å². The van der Waals surface area contributed by atoms with Crippen LogP contribution in [0, 0.1) is 5.82 Å². The Hall–Kier alpha value is -3.12. The molecule has 1 aromatic heterocycles. The molecule has 1 saturated heterocycles. The van der Waals surface area contributed by atoms with E-state index in [-0.39, 0.29) is 11.4 Å². The minimum Gasteiger partial charge on any atom is -0.365 e. The molecule has 5 rings (SSSR count). The highest BCUT2D eigenvalue weighted by atomic mass is 32.2. The van der Waals surface area contributed by atoms with Gasteiger partial charge in [0.1, 0.15) is 16.9 Å². The van der Waals surface area contributed by atoms with Crippen molar-refractivity contribution in [3.63, 3.8) is 0 Å². The second kappa shape index (κ2) is 10.3. The van der Waals surface area contributed by atoms with Crippen LogP contribution < -0.4 is 11.1 Å². The fourth-order valence-electron chi connectivity index (χ4n) is 5.01. The Morgan fingerprint density at radius 2 is 1.81 bits per heavy atom. The summed E-state index contributed by atoms with van der Waals surface area (Å²) in [6, 6.07) is 13.7. The van der Waals surface area contributed by atoms with Gasteiger partial charge in [0.05, 0.1) is 10.5 Å². The summed E-state index contributed by atoms with van der Waals surface area (Å²) >= 11 is 1.31. The molecule has 37 heavy (non-hydrogen) atoms. The molecule has 2 aliphatic heterocycles. The van der Waals surface area contributed by atoms with Gasteiger partial charge < -0.3 is 11.1 Å². The Labute approximate surface area is 218 Å². The number of nitrogens with two attached hydrogens (primary N) is 1. The van der Waals surface area contributed by atoms with Gasteiger partial charge in [0, 0.05) is 31.1 Å². The molecule has 0 spiro atoms. The summed E-state index contributed by atoms with van der Waals surface area (Å²) in [7, 11) is -4.00. The van der Waals surface area contributed by atoms with E-state index in [2.05, 4.69) is 22.3 Å². The highest BCUT2D eigenvalue weighted by Crippen LogP contribution is 2.38. The van der Waals surface area contributed by atoms with Crippen molar-refractivity contribution in [2.75, 3.05) is 18.4 Å². The number of hydrogen-bond acceptors (Lipinski definition) is 6. The highest BCUT2D eigenvalue weighted by molar-refractivity contribution is 7.89. The number of nitrogens with one attached hydrogen (secondary N) is 1. The lowest BCUT2D eigenvalue weighted by Gasteiger charge is -2.27. The van der Waals surface area contributed by atoms with Gasteiger partial charge in [0.2, 0.25) is 15.9 Å². The van der Waals surface area contributed by atoms with Crippen molar-refractivity contribution >= 4 is 38.2 Å². The number of halogens is 1. The normalized spacial score (nSPS) is 18.5. The largest absolute Gasteiger partial charge is 0.365 e. The van der Waals surface area contributed by atoms with E-state index in [1.54, 1.807) is 0 Å². The molecule has 11 heteroatoms. The number of fused-ring (bicyclic) bond motifs is 1.